The van der Waals surface area contributed by atoms with Crippen molar-refractivity contribution in [3.63, 3.8) is 0 Å². The standard InChI is InChI=1S/C12H21N3O/c1-3-7-13-11(6-10-16-4-2)12-14-8-5-9-15-12/h5,8-9,11,13H,3-4,6-7,10H2,1-2H3. The van der Waals surface area contributed by atoms with Gasteiger partial charge in [0, 0.05) is 25.6 Å². The average Bonchev–Trinajstić information content (AvgIpc) is 2.35. The summed E-state index contributed by atoms with van der Waals surface area (Å²) < 4.78 is 5.37. The maximum absolute atomic E-state index is 5.37. The van der Waals surface area contributed by atoms with Gasteiger partial charge in [0.1, 0.15) is 5.82 Å². The van der Waals surface area contributed by atoms with Crippen molar-refractivity contribution in [3.05, 3.63) is 24.3 Å². The molecular formula is C12H21N3O. The second-order valence-electron chi connectivity index (χ2n) is 3.60. The molecule has 0 radical (unpaired) electrons. The van der Waals surface area contributed by atoms with Crippen molar-refractivity contribution >= 4 is 0 Å². The van der Waals surface area contributed by atoms with Crippen LogP contribution in [0.1, 0.15) is 38.6 Å². The molecule has 0 aromatic carbocycles. The molecule has 1 aromatic heterocycles. The van der Waals surface area contributed by atoms with E-state index >= 15 is 0 Å². The van der Waals surface area contributed by atoms with Gasteiger partial charge >= 0.3 is 0 Å². The van der Waals surface area contributed by atoms with Crippen molar-refractivity contribution in [1.82, 2.24) is 15.3 Å². The van der Waals surface area contributed by atoms with E-state index in [1.165, 1.54) is 0 Å². The molecule has 0 fully saturated rings. The maximum Gasteiger partial charge on any atom is 0.145 e. The van der Waals surface area contributed by atoms with Crippen molar-refractivity contribution in [1.29, 1.82) is 0 Å². The van der Waals surface area contributed by atoms with Crippen LogP contribution in [0.25, 0.3) is 0 Å². The Labute approximate surface area is 97.5 Å². The Morgan fingerprint density at radius 1 is 1.31 bits per heavy atom. The molecule has 1 heterocycles. The van der Waals surface area contributed by atoms with E-state index in [-0.39, 0.29) is 6.04 Å². The summed E-state index contributed by atoms with van der Waals surface area (Å²) in [4.78, 5) is 8.56. The van der Waals surface area contributed by atoms with Crippen molar-refractivity contribution < 1.29 is 4.74 Å². The van der Waals surface area contributed by atoms with Crippen LogP contribution in [-0.4, -0.2) is 29.7 Å². The number of nitrogens with zero attached hydrogens (tertiary/aromatic N) is 2. The number of hydrogen-bond acceptors (Lipinski definition) is 4. The molecule has 1 aromatic rings. The van der Waals surface area contributed by atoms with Crippen molar-refractivity contribution in [2.45, 2.75) is 32.7 Å². The zero-order valence-electron chi connectivity index (χ0n) is 10.1. The first kappa shape index (κ1) is 13.1. The van der Waals surface area contributed by atoms with Gasteiger partial charge in [-0.3, -0.25) is 0 Å². The molecule has 1 atom stereocenters. The predicted octanol–water partition coefficient (Wildman–Crippen LogP) is 1.94. The van der Waals surface area contributed by atoms with E-state index in [2.05, 4.69) is 22.2 Å². The minimum Gasteiger partial charge on any atom is -0.382 e. The lowest BCUT2D eigenvalue weighted by Gasteiger charge is -2.16. The molecule has 0 spiro atoms. The third-order valence-electron chi connectivity index (χ3n) is 2.29. The van der Waals surface area contributed by atoms with Gasteiger partial charge in [-0.05, 0) is 32.4 Å². The van der Waals surface area contributed by atoms with Gasteiger partial charge in [-0.2, -0.15) is 0 Å². The molecular weight excluding hydrogens is 202 g/mol. The lowest BCUT2D eigenvalue weighted by atomic mass is 10.2. The number of aromatic nitrogens is 2. The van der Waals surface area contributed by atoms with Gasteiger partial charge in [-0.25, -0.2) is 9.97 Å². The highest BCUT2D eigenvalue weighted by Gasteiger charge is 2.12. The Morgan fingerprint density at radius 2 is 2.06 bits per heavy atom. The van der Waals surface area contributed by atoms with Crippen LogP contribution in [0.3, 0.4) is 0 Å². The van der Waals surface area contributed by atoms with E-state index in [1.54, 1.807) is 12.4 Å². The minimum atomic E-state index is 0.202. The van der Waals surface area contributed by atoms with Crippen LogP contribution in [0.4, 0.5) is 0 Å². The summed E-state index contributed by atoms with van der Waals surface area (Å²) in [5.74, 6) is 0.857. The molecule has 0 aliphatic heterocycles. The van der Waals surface area contributed by atoms with Crippen molar-refractivity contribution in [2.24, 2.45) is 0 Å². The average molecular weight is 223 g/mol. The summed E-state index contributed by atoms with van der Waals surface area (Å²) in [6.45, 7) is 6.65. The van der Waals surface area contributed by atoms with Gasteiger partial charge in [0.15, 0.2) is 0 Å². The topological polar surface area (TPSA) is 47.0 Å². The number of ether oxygens (including phenoxy) is 1. The molecule has 0 saturated carbocycles. The van der Waals surface area contributed by atoms with Gasteiger partial charge in [0.05, 0.1) is 6.04 Å². The van der Waals surface area contributed by atoms with E-state index in [1.807, 2.05) is 13.0 Å². The van der Waals surface area contributed by atoms with Crippen LogP contribution in [0.15, 0.2) is 18.5 Å². The van der Waals surface area contributed by atoms with E-state index in [0.717, 1.165) is 38.4 Å². The smallest absolute Gasteiger partial charge is 0.145 e. The van der Waals surface area contributed by atoms with E-state index in [4.69, 9.17) is 4.74 Å². The first-order valence-electron chi connectivity index (χ1n) is 5.96. The lowest BCUT2D eigenvalue weighted by Crippen LogP contribution is -2.25. The first-order valence-corrected chi connectivity index (χ1v) is 5.96. The summed E-state index contributed by atoms with van der Waals surface area (Å²) >= 11 is 0. The third-order valence-corrected chi connectivity index (χ3v) is 2.29. The van der Waals surface area contributed by atoms with Crippen LogP contribution in [-0.2, 0) is 4.74 Å². The SMILES string of the molecule is CCCNC(CCOCC)c1ncccn1. The van der Waals surface area contributed by atoms with Gasteiger partial charge in [0.25, 0.3) is 0 Å². The lowest BCUT2D eigenvalue weighted by molar-refractivity contribution is 0.135. The zero-order valence-corrected chi connectivity index (χ0v) is 10.1. The summed E-state index contributed by atoms with van der Waals surface area (Å²) in [6, 6.07) is 2.04. The fourth-order valence-corrected chi connectivity index (χ4v) is 1.48. The monoisotopic (exact) mass is 223 g/mol. The minimum absolute atomic E-state index is 0.202. The summed E-state index contributed by atoms with van der Waals surface area (Å²) in [7, 11) is 0. The highest BCUT2D eigenvalue weighted by atomic mass is 16.5. The second-order valence-corrected chi connectivity index (χ2v) is 3.60. The highest BCUT2D eigenvalue weighted by molar-refractivity contribution is 4.95. The third kappa shape index (κ3) is 4.68. The van der Waals surface area contributed by atoms with Crippen LogP contribution in [0.5, 0.6) is 0 Å². The second kappa shape index (κ2) is 8.19. The molecule has 16 heavy (non-hydrogen) atoms. The molecule has 0 saturated heterocycles. The first-order chi connectivity index (χ1) is 7.88. The summed E-state index contributed by atoms with van der Waals surface area (Å²) in [5.41, 5.74) is 0. The number of nitrogens with one attached hydrogen (secondary N) is 1. The molecule has 0 aliphatic carbocycles. The predicted molar refractivity (Wildman–Crippen MR) is 64.2 cm³/mol. The van der Waals surface area contributed by atoms with Gasteiger partial charge in [0.2, 0.25) is 0 Å². The fourth-order valence-electron chi connectivity index (χ4n) is 1.48. The molecule has 1 unspecified atom stereocenters. The number of hydrogen-bond donors (Lipinski definition) is 1. The normalized spacial score (nSPS) is 12.6. The van der Waals surface area contributed by atoms with E-state index in [0.29, 0.717) is 0 Å². The van der Waals surface area contributed by atoms with Crippen molar-refractivity contribution in [2.75, 3.05) is 19.8 Å². The summed E-state index contributed by atoms with van der Waals surface area (Å²) in [6.07, 6.45) is 5.59. The van der Waals surface area contributed by atoms with E-state index in [9.17, 15) is 0 Å². The summed E-state index contributed by atoms with van der Waals surface area (Å²) in [5, 5.41) is 3.44. The van der Waals surface area contributed by atoms with Crippen LogP contribution in [0.2, 0.25) is 0 Å². The van der Waals surface area contributed by atoms with Crippen LogP contribution < -0.4 is 5.32 Å². The Balaban J connectivity index is 2.49. The van der Waals surface area contributed by atoms with Gasteiger partial charge < -0.3 is 10.1 Å². The maximum atomic E-state index is 5.37. The zero-order chi connectivity index (χ0) is 11.6. The van der Waals surface area contributed by atoms with Gasteiger partial charge in [-0.15, -0.1) is 0 Å². The Bertz CT molecular complexity index is 266. The molecule has 0 bridgehead atoms. The molecule has 90 valence electrons. The molecule has 1 rings (SSSR count). The Morgan fingerprint density at radius 3 is 2.69 bits per heavy atom. The largest absolute Gasteiger partial charge is 0.382 e. The Hall–Kier alpha value is -1.00. The highest BCUT2D eigenvalue weighted by Crippen LogP contribution is 2.11. The molecule has 4 heteroatoms. The number of rotatable bonds is 8. The molecule has 1 N–H and O–H groups in total. The van der Waals surface area contributed by atoms with Crippen molar-refractivity contribution in [3.8, 4) is 0 Å². The molecule has 0 amide bonds. The van der Waals surface area contributed by atoms with Crippen LogP contribution >= 0.6 is 0 Å². The molecule has 4 nitrogen and oxygen atoms in total. The Kier molecular flexibility index (Phi) is 6.69. The quantitative estimate of drug-likeness (QED) is 0.684. The van der Waals surface area contributed by atoms with E-state index < -0.39 is 0 Å². The van der Waals surface area contributed by atoms with Gasteiger partial charge in [-0.1, -0.05) is 6.92 Å². The fraction of sp³-hybridized carbons (Fsp3) is 0.667. The van der Waals surface area contributed by atoms with Crippen LogP contribution in [0, 0.1) is 0 Å². The molecule has 0 aliphatic rings.